The first kappa shape index (κ1) is 54.1. The molecule has 18 heteroatoms. The number of carbonyl (C=O) groups excluding carboxylic acids is 7. The van der Waals surface area contributed by atoms with Gasteiger partial charge in [0.15, 0.2) is 11.6 Å². The summed E-state index contributed by atoms with van der Waals surface area (Å²) in [5, 5.41) is 8.02. The number of ketones is 2. The van der Waals surface area contributed by atoms with Crippen LogP contribution in [0.25, 0.3) is 22.9 Å². The van der Waals surface area contributed by atoms with Crippen LogP contribution in [0.15, 0.2) is 54.6 Å². The highest BCUT2D eigenvalue weighted by Gasteiger charge is 2.16. The van der Waals surface area contributed by atoms with Crippen LogP contribution >= 0.6 is 0 Å². The summed E-state index contributed by atoms with van der Waals surface area (Å²) in [6, 6.07) is 15.9. The van der Waals surface area contributed by atoms with Crippen LogP contribution in [0.2, 0.25) is 0 Å². The number of nitrogens with zero attached hydrogens (tertiary/aromatic N) is 2. The molecule has 340 valence electrons. The summed E-state index contributed by atoms with van der Waals surface area (Å²) in [6.45, 7) is 12.8. The third-order valence-corrected chi connectivity index (χ3v) is 7.94. The van der Waals surface area contributed by atoms with Crippen molar-refractivity contribution in [3.63, 3.8) is 0 Å². The largest absolute Gasteiger partial charge is 0.676 e. The number of rotatable bonds is 21. The summed E-state index contributed by atoms with van der Waals surface area (Å²) < 4.78 is 9.89. The summed E-state index contributed by atoms with van der Waals surface area (Å²) in [5.74, 6) is -1.60. The van der Waals surface area contributed by atoms with Crippen molar-refractivity contribution < 1.29 is 43.0 Å². The number of hydrogen-bond donors (Lipinski definition) is 3. The van der Waals surface area contributed by atoms with Gasteiger partial charge in [-0.25, -0.2) is 0 Å². The fourth-order valence-electron chi connectivity index (χ4n) is 5.71. The fourth-order valence-corrected chi connectivity index (χ4v) is 5.71. The second kappa shape index (κ2) is 29.4. The SMILES string of the molecule is CC(=O)COCC(=O)Nc1cc(C)cc(C(=O)N(CC[NH-])CC[NH-])c1.CC(=O)COCC(=O)Nc1cc(C)cc(C)c1.CC(=O)Nc1cc(C)cc(C(=O)N(CC[NH-])CC[NH-])c1. The molecule has 0 aliphatic rings. The molecular weight excluding hydrogens is 799 g/mol. The minimum Gasteiger partial charge on any atom is -0.676 e. The molecule has 0 unspecified atom stereocenters. The van der Waals surface area contributed by atoms with Crippen molar-refractivity contribution in [2.24, 2.45) is 0 Å². The van der Waals surface area contributed by atoms with Crippen LogP contribution in [0.3, 0.4) is 0 Å². The monoisotopic (exact) mass is 859 g/mol. The fraction of sp³-hybridized carbons (Fsp3) is 0.432. The first-order valence-corrected chi connectivity index (χ1v) is 19.8. The first-order valence-electron chi connectivity index (χ1n) is 19.8. The zero-order chi connectivity index (χ0) is 46.8. The van der Waals surface area contributed by atoms with Crippen LogP contribution in [-0.2, 0) is 33.4 Å². The molecule has 0 aliphatic carbocycles. The third-order valence-electron chi connectivity index (χ3n) is 7.94. The van der Waals surface area contributed by atoms with E-state index in [1.807, 2.05) is 39.0 Å². The predicted octanol–water partition coefficient (Wildman–Crippen LogP) is 6.43. The van der Waals surface area contributed by atoms with E-state index in [-0.39, 0.29) is 101 Å². The van der Waals surface area contributed by atoms with Crippen molar-refractivity contribution >= 4 is 58.2 Å². The van der Waals surface area contributed by atoms with Crippen molar-refractivity contribution in [3.05, 3.63) is 111 Å². The zero-order valence-corrected chi connectivity index (χ0v) is 36.8. The molecule has 3 aromatic carbocycles. The van der Waals surface area contributed by atoms with E-state index < -0.39 is 5.91 Å². The maximum atomic E-state index is 12.5. The highest BCUT2D eigenvalue weighted by Crippen LogP contribution is 2.18. The maximum Gasteiger partial charge on any atom is 0.253 e. The Morgan fingerprint density at radius 2 is 0.758 bits per heavy atom. The number of nitrogens with one attached hydrogen (secondary N) is 7. The van der Waals surface area contributed by atoms with Gasteiger partial charge in [0, 0.05) is 61.3 Å². The zero-order valence-electron chi connectivity index (χ0n) is 36.8. The molecule has 62 heavy (non-hydrogen) atoms. The molecule has 18 nitrogen and oxygen atoms in total. The van der Waals surface area contributed by atoms with Crippen molar-refractivity contribution in [2.75, 3.05) is 94.7 Å². The molecule has 0 aromatic heterocycles. The minimum absolute atomic E-state index is 0.0275. The van der Waals surface area contributed by atoms with E-state index in [4.69, 9.17) is 32.4 Å². The molecule has 0 saturated carbocycles. The lowest BCUT2D eigenvalue weighted by molar-refractivity contribution is -0.127. The van der Waals surface area contributed by atoms with E-state index >= 15 is 0 Å². The number of amides is 5. The number of carbonyl (C=O) groups is 7. The molecular formula is C44H61N9O9-4. The normalized spacial score (nSPS) is 10.2. The number of Topliss-reactive ketones (excluding diaryl/α,β-unsaturated/α-hetero) is 2. The number of ether oxygens (including phenoxy) is 2. The van der Waals surface area contributed by atoms with Gasteiger partial charge in [0.1, 0.15) is 26.4 Å². The lowest BCUT2D eigenvalue weighted by Crippen LogP contribution is -2.35. The van der Waals surface area contributed by atoms with Gasteiger partial charge in [-0.05, 0) is 112 Å². The summed E-state index contributed by atoms with van der Waals surface area (Å²) in [4.78, 5) is 83.7. The molecule has 3 rings (SSSR count). The van der Waals surface area contributed by atoms with E-state index in [1.54, 1.807) is 43.3 Å². The Labute approximate surface area is 364 Å². The molecule has 5 amide bonds. The van der Waals surface area contributed by atoms with Gasteiger partial charge in [-0.3, -0.25) is 33.6 Å². The predicted molar refractivity (Wildman–Crippen MR) is 241 cm³/mol. The third kappa shape index (κ3) is 22.6. The molecule has 0 heterocycles. The molecule has 3 aromatic rings. The summed E-state index contributed by atoms with van der Waals surface area (Å²) in [7, 11) is 0. The molecule has 0 saturated heterocycles. The standard InChI is InChI=1S/C17H24N4O4.C14H20N4O2.C13H17NO3/c1-12-7-14(17(24)21(5-3-18)6-4-19)9-15(8-12)20-16(23)11-25-10-13(2)22;1-10-7-12(9-13(8-10)17-11(2)19)14(20)18(5-3-15)6-4-16;1-9-4-10(2)6-12(5-9)14-13(16)8-17-7-11(3)15/h7-9,18-19H,3-6,10-11H2,1-2H3,(H,20,23);7-9,15-16H,3-6H2,1-2H3,(H,17,19);4-6H,7-8H2,1-3H3,(H,14,16)/q2*-2;. The summed E-state index contributed by atoms with van der Waals surface area (Å²) in [5.41, 5.74) is 35.5. The van der Waals surface area contributed by atoms with Crippen LogP contribution in [0.4, 0.5) is 17.1 Å². The number of aryl methyl sites for hydroxylation is 4. The maximum absolute atomic E-state index is 12.5. The Morgan fingerprint density at radius 1 is 0.452 bits per heavy atom. The molecule has 7 N–H and O–H groups in total. The van der Waals surface area contributed by atoms with Crippen LogP contribution < -0.4 is 16.0 Å². The molecule has 0 radical (unpaired) electrons. The van der Waals surface area contributed by atoms with Gasteiger partial charge >= 0.3 is 0 Å². The lowest BCUT2D eigenvalue weighted by atomic mass is 10.1. The summed E-state index contributed by atoms with van der Waals surface area (Å²) in [6.07, 6.45) is 0. The van der Waals surface area contributed by atoms with Crippen LogP contribution in [0, 0.1) is 27.7 Å². The Bertz CT molecular complexity index is 1940. The summed E-state index contributed by atoms with van der Waals surface area (Å²) >= 11 is 0. The van der Waals surface area contributed by atoms with Crippen molar-refractivity contribution in [2.45, 2.75) is 48.5 Å². The Balaban J connectivity index is 0.000000474. The number of hydrogen-bond acceptors (Lipinski definition) is 9. The van der Waals surface area contributed by atoms with Crippen molar-refractivity contribution in [1.29, 1.82) is 0 Å². The van der Waals surface area contributed by atoms with Gasteiger partial charge in [-0.1, -0.05) is 6.07 Å². The smallest absolute Gasteiger partial charge is 0.253 e. The van der Waals surface area contributed by atoms with Crippen molar-refractivity contribution in [3.8, 4) is 0 Å². The highest BCUT2D eigenvalue weighted by molar-refractivity contribution is 5.98. The number of anilines is 3. The van der Waals surface area contributed by atoms with Crippen LogP contribution in [-0.4, -0.2) is 130 Å². The van der Waals surface area contributed by atoms with E-state index in [9.17, 15) is 33.6 Å². The van der Waals surface area contributed by atoms with Gasteiger partial charge in [0.05, 0.1) is 0 Å². The van der Waals surface area contributed by atoms with E-state index in [1.165, 1.54) is 30.6 Å². The Morgan fingerprint density at radius 3 is 1.06 bits per heavy atom. The molecule has 0 aliphatic heterocycles. The average molecular weight is 860 g/mol. The molecule has 0 bridgehead atoms. The van der Waals surface area contributed by atoms with Crippen LogP contribution in [0.1, 0.15) is 63.7 Å². The van der Waals surface area contributed by atoms with Gasteiger partial charge in [-0.15, -0.1) is 26.2 Å². The van der Waals surface area contributed by atoms with Gasteiger partial charge < -0.3 is 58.2 Å². The van der Waals surface area contributed by atoms with Crippen LogP contribution in [0.5, 0.6) is 0 Å². The Kier molecular flexibility index (Phi) is 25.6. The van der Waals surface area contributed by atoms with E-state index in [2.05, 4.69) is 16.0 Å². The topological polar surface area (TPSA) is 276 Å². The van der Waals surface area contributed by atoms with E-state index in [0.717, 1.165) is 27.9 Å². The molecule has 0 fully saturated rings. The van der Waals surface area contributed by atoms with E-state index in [0.29, 0.717) is 35.6 Å². The van der Waals surface area contributed by atoms with Gasteiger partial charge in [-0.2, -0.15) is 0 Å². The second-order valence-corrected chi connectivity index (χ2v) is 14.3. The highest BCUT2D eigenvalue weighted by atomic mass is 16.5. The van der Waals surface area contributed by atoms with Gasteiger partial charge in [0.2, 0.25) is 17.7 Å². The second-order valence-electron chi connectivity index (χ2n) is 14.3. The quantitative estimate of drug-likeness (QED) is 0.106. The first-order chi connectivity index (χ1) is 29.3. The van der Waals surface area contributed by atoms with Crippen molar-refractivity contribution in [1.82, 2.24) is 9.80 Å². The average Bonchev–Trinajstić information content (AvgIpc) is 3.16. The lowest BCUT2D eigenvalue weighted by Gasteiger charge is -2.25. The number of benzene rings is 3. The minimum atomic E-state index is -0.417. The Hall–Kier alpha value is -5.89. The molecule has 0 spiro atoms. The molecule has 0 atom stereocenters. The van der Waals surface area contributed by atoms with Gasteiger partial charge in [0.25, 0.3) is 11.8 Å².